The summed E-state index contributed by atoms with van der Waals surface area (Å²) in [6, 6.07) is 7.63. The van der Waals surface area contributed by atoms with Gasteiger partial charge >= 0.3 is 0 Å². The third kappa shape index (κ3) is 2.47. The molecule has 0 aliphatic heterocycles. The van der Waals surface area contributed by atoms with Crippen LogP contribution < -0.4 is 11.3 Å². The molecular weight excluding hydrogens is 243 g/mol. The van der Waals surface area contributed by atoms with E-state index >= 15 is 0 Å². The van der Waals surface area contributed by atoms with Crippen molar-refractivity contribution in [3.05, 3.63) is 63.3 Å². The van der Waals surface area contributed by atoms with Gasteiger partial charge in [-0.2, -0.15) is 0 Å². The Kier molecular flexibility index (Phi) is 3.15. The SMILES string of the molecule is Nc1cccn(Cc2ccc(Cl)c(F)c2)c1=O. The molecule has 0 radical (unpaired) electrons. The fourth-order valence-corrected chi connectivity index (χ4v) is 1.63. The monoisotopic (exact) mass is 252 g/mol. The Hall–Kier alpha value is -1.81. The Morgan fingerprint density at radius 3 is 2.82 bits per heavy atom. The van der Waals surface area contributed by atoms with Crippen LogP contribution in [0.4, 0.5) is 10.1 Å². The second-order valence-corrected chi connectivity index (χ2v) is 4.05. The lowest BCUT2D eigenvalue weighted by Gasteiger charge is -2.07. The van der Waals surface area contributed by atoms with Crippen molar-refractivity contribution in [2.45, 2.75) is 6.54 Å². The van der Waals surface area contributed by atoms with E-state index in [0.29, 0.717) is 5.56 Å². The van der Waals surface area contributed by atoms with E-state index in [1.807, 2.05) is 0 Å². The average molecular weight is 253 g/mol. The zero-order valence-electron chi connectivity index (χ0n) is 8.86. The molecule has 0 aliphatic carbocycles. The van der Waals surface area contributed by atoms with Gasteiger partial charge < -0.3 is 10.3 Å². The van der Waals surface area contributed by atoms with E-state index in [2.05, 4.69) is 0 Å². The molecule has 2 N–H and O–H groups in total. The molecule has 0 fully saturated rings. The summed E-state index contributed by atoms with van der Waals surface area (Å²) in [6.07, 6.45) is 1.60. The van der Waals surface area contributed by atoms with Gasteiger partial charge in [0, 0.05) is 6.20 Å². The van der Waals surface area contributed by atoms with Crippen molar-refractivity contribution in [2.75, 3.05) is 5.73 Å². The van der Waals surface area contributed by atoms with E-state index in [4.69, 9.17) is 17.3 Å². The minimum Gasteiger partial charge on any atom is -0.394 e. The highest BCUT2D eigenvalue weighted by Crippen LogP contribution is 2.15. The normalized spacial score (nSPS) is 10.5. The number of halogens is 2. The third-order valence-corrected chi connectivity index (χ3v) is 2.69. The Morgan fingerprint density at radius 2 is 2.12 bits per heavy atom. The zero-order valence-corrected chi connectivity index (χ0v) is 9.62. The second-order valence-electron chi connectivity index (χ2n) is 3.65. The molecule has 0 unspecified atom stereocenters. The summed E-state index contributed by atoms with van der Waals surface area (Å²) in [5.41, 5.74) is 6.03. The van der Waals surface area contributed by atoms with Crippen molar-refractivity contribution < 1.29 is 4.39 Å². The van der Waals surface area contributed by atoms with Gasteiger partial charge in [0.2, 0.25) is 0 Å². The molecule has 0 aliphatic rings. The number of anilines is 1. The van der Waals surface area contributed by atoms with Crippen LogP contribution in [0.15, 0.2) is 41.3 Å². The van der Waals surface area contributed by atoms with Crippen LogP contribution in [0.25, 0.3) is 0 Å². The van der Waals surface area contributed by atoms with Gasteiger partial charge in [-0.3, -0.25) is 4.79 Å². The number of benzene rings is 1. The lowest BCUT2D eigenvalue weighted by atomic mass is 10.2. The first kappa shape index (κ1) is 11.7. The van der Waals surface area contributed by atoms with E-state index in [1.54, 1.807) is 18.3 Å². The van der Waals surface area contributed by atoms with Gasteiger partial charge in [0.05, 0.1) is 17.3 Å². The lowest BCUT2D eigenvalue weighted by molar-refractivity contribution is 0.623. The van der Waals surface area contributed by atoms with Crippen molar-refractivity contribution in [2.24, 2.45) is 0 Å². The summed E-state index contributed by atoms with van der Waals surface area (Å²) in [6.45, 7) is 0.262. The number of rotatable bonds is 2. The van der Waals surface area contributed by atoms with Crippen LogP contribution in [0.1, 0.15) is 5.56 Å². The number of pyridine rings is 1. The molecule has 0 saturated carbocycles. The van der Waals surface area contributed by atoms with Crippen LogP contribution in [-0.2, 0) is 6.54 Å². The molecule has 5 heteroatoms. The summed E-state index contributed by atoms with van der Waals surface area (Å²) in [4.78, 5) is 11.6. The molecule has 0 saturated heterocycles. The van der Waals surface area contributed by atoms with Crippen molar-refractivity contribution in [3.63, 3.8) is 0 Å². The maximum absolute atomic E-state index is 13.2. The van der Waals surface area contributed by atoms with Crippen molar-refractivity contribution in [1.82, 2.24) is 4.57 Å². The van der Waals surface area contributed by atoms with E-state index < -0.39 is 5.82 Å². The molecular formula is C12H10ClFN2O. The molecule has 88 valence electrons. The highest BCUT2D eigenvalue weighted by molar-refractivity contribution is 6.30. The summed E-state index contributed by atoms with van der Waals surface area (Å²) in [5.74, 6) is -0.499. The van der Waals surface area contributed by atoms with Crippen molar-refractivity contribution in [3.8, 4) is 0 Å². The standard InChI is InChI=1S/C12H10ClFN2O/c13-9-4-3-8(6-10(9)14)7-16-5-1-2-11(15)12(16)17/h1-6H,7,15H2. The average Bonchev–Trinajstić information content (AvgIpc) is 2.30. The maximum Gasteiger partial charge on any atom is 0.273 e. The van der Waals surface area contributed by atoms with E-state index in [1.165, 1.54) is 22.8 Å². The van der Waals surface area contributed by atoms with Gasteiger partial charge in [0.15, 0.2) is 0 Å². The smallest absolute Gasteiger partial charge is 0.273 e. The molecule has 0 spiro atoms. The number of nitrogen functional groups attached to an aromatic ring is 1. The molecule has 1 aromatic carbocycles. The van der Waals surface area contributed by atoms with Crippen LogP contribution in [0.3, 0.4) is 0 Å². The van der Waals surface area contributed by atoms with Crippen LogP contribution in [0, 0.1) is 5.82 Å². The summed E-state index contributed by atoms with van der Waals surface area (Å²) in [7, 11) is 0. The van der Waals surface area contributed by atoms with E-state index in [0.717, 1.165) is 0 Å². The highest BCUT2D eigenvalue weighted by atomic mass is 35.5. The van der Waals surface area contributed by atoms with Crippen LogP contribution >= 0.6 is 11.6 Å². The third-order valence-electron chi connectivity index (χ3n) is 2.39. The van der Waals surface area contributed by atoms with Gasteiger partial charge in [-0.25, -0.2) is 4.39 Å². The fourth-order valence-electron chi connectivity index (χ4n) is 1.51. The summed E-state index contributed by atoms with van der Waals surface area (Å²) in [5, 5.41) is 0.0636. The van der Waals surface area contributed by atoms with Crippen LogP contribution in [0.5, 0.6) is 0 Å². The molecule has 1 heterocycles. The predicted molar refractivity (Wildman–Crippen MR) is 65.6 cm³/mol. The van der Waals surface area contributed by atoms with Crippen LogP contribution in [-0.4, -0.2) is 4.57 Å². The Balaban J connectivity index is 2.35. The minimum atomic E-state index is -0.499. The maximum atomic E-state index is 13.2. The van der Waals surface area contributed by atoms with E-state index in [-0.39, 0.29) is 22.8 Å². The Bertz CT molecular complexity index is 610. The molecule has 2 rings (SSSR count). The molecule has 1 aromatic heterocycles. The summed E-state index contributed by atoms with van der Waals surface area (Å²) >= 11 is 5.58. The summed E-state index contributed by atoms with van der Waals surface area (Å²) < 4.78 is 14.6. The van der Waals surface area contributed by atoms with E-state index in [9.17, 15) is 9.18 Å². The lowest BCUT2D eigenvalue weighted by Crippen LogP contribution is -2.22. The molecule has 0 amide bonds. The Labute approximate surface area is 102 Å². The number of nitrogens with two attached hydrogens (primary N) is 1. The van der Waals surface area contributed by atoms with Gasteiger partial charge in [0.1, 0.15) is 5.82 Å². The van der Waals surface area contributed by atoms with Crippen LogP contribution in [0.2, 0.25) is 5.02 Å². The fraction of sp³-hybridized carbons (Fsp3) is 0.0833. The number of hydrogen-bond donors (Lipinski definition) is 1. The first-order valence-electron chi connectivity index (χ1n) is 4.97. The molecule has 2 aromatic rings. The quantitative estimate of drug-likeness (QED) is 0.891. The van der Waals surface area contributed by atoms with Gasteiger partial charge in [0.25, 0.3) is 5.56 Å². The molecule has 0 bridgehead atoms. The molecule has 3 nitrogen and oxygen atoms in total. The second kappa shape index (κ2) is 4.59. The van der Waals surface area contributed by atoms with Gasteiger partial charge in [-0.1, -0.05) is 17.7 Å². The molecule has 0 atom stereocenters. The van der Waals surface area contributed by atoms with Gasteiger partial charge in [-0.15, -0.1) is 0 Å². The minimum absolute atomic E-state index is 0.0636. The molecule has 17 heavy (non-hydrogen) atoms. The van der Waals surface area contributed by atoms with Crippen molar-refractivity contribution in [1.29, 1.82) is 0 Å². The zero-order chi connectivity index (χ0) is 12.4. The Morgan fingerprint density at radius 1 is 1.35 bits per heavy atom. The first-order valence-corrected chi connectivity index (χ1v) is 5.34. The predicted octanol–water partition coefficient (Wildman–Crippen LogP) is 2.27. The number of aromatic nitrogens is 1. The number of hydrogen-bond acceptors (Lipinski definition) is 2. The first-order chi connectivity index (χ1) is 8.08. The highest BCUT2D eigenvalue weighted by Gasteiger charge is 2.04. The van der Waals surface area contributed by atoms with Crippen molar-refractivity contribution >= 4 is 17.3 Å². The largest absolute Gasteiger partial charge is 0.394 e. The topological polar surface area (TPSA) is 48.0 Å². The van der Waals surface area contributed by atoms with Gasteiger partial charge in [-0.05, 0) is 29.8 Å². The number of nitrogens with zero attached hydrogens (tertiary/aromatic N) is 1.